The van der Waals surface area contributed by atoms with E-state index in [0.717, 1.165) is 5.56 Å². The van der Waals surface area contributed by atoms with Crippen molar-refractivity contribution in [3.8, 4) is 0 Å². The molecule has 0 radical (unpaired) electrons. The minimum Gasteiger partial charge on any atom is -0.459 e. The molecule has 1 aromatic heterocycles. The van der Waals surface area contributed by atoms with Crippen molar-refractivity contribution in [2.24, 2.45) is 0 Å². The van der Waals surface area contributed by atoms with Crippen LogP contribution in [0.1, 0.15) is 16.1 Å². The van der Waals surface area contributed by atoms with Gasteiger partial charge in [0.2, 0.25) is 10.0 Å². The lowest BCUT2D eigenvalue weighted by Crippen LogP contribution is -2.49. The normalized spacial score (nSPS) is 20.8. The summed E-state index contributed by atoms with van der Waals surface area (Å²) in [5.74, 6) is -0.0617. The van der Waals surface area contributed by atoms with E-state index in [0.29, 0.717) is 13.2 Å². The fraction of sp³-hybridized carbons (Fsp3) is 0.583. The number of carbonyl (C=O) groups is 1. The molecule has 0 aliphatic carbocycles. The van der Waals surface area contributed by atoms with Crippen LogP contribution in [-0.4, -0.2) is 57.2 Å². The van der Waals surface area contributed by atoms with Gasteiger partial charge in [-0.1, -0.05) is 0 Å². The summed E-state index contributed by atoms with van der Waals surface area (Å²) in [6.45, 7) is 2.94. The Labute approximate surface area is 117 Å². The summed E-state index contributed by atoms with van der Waals surface area (Å²) in [4.78, 5) is 11.9. The highest BCUT2D eigenvalue weighted by Gasteiger charge is 2.27. The van der Waals surface area contributed by atoms with Gasteiger partial charge in [0.15, 0.2) is 5.76 Å². The van der Waals surface area contributed by atoms with Gasteiger partial charge in [-0.3, -0.25) is 4.79 Å². The Balaban J connectivity index is 1.88. The molecular weight excluding hydrogens is 284 g/mol. The second kappa shape index (κ2) is 5.94. The van der Waals surface area contributed by atoms with E-state index in [1.54, 1.807) is 13.0 Å². The molecule has 0 saturated carbocycles. The van der Waals surface area contributed by atoms with Crippen LogP contribution in [0.2, 0.25) is 0 Å². The monoisotopic (exact) mass is 302 g/mol. The van der Waals surface area contributed by atoms with Crippen molar-refractivity contribution in [1.29, 1.82) is 0 Å². The van der Waals surface area contributed by atoms with Gasteiger partial charge in [-0.25, -0.2) is 8.42 Å². The van der Waals surface area contributed by atoms with Gasteiger partial charge in [0.05, 0.1) is 25.2 Å². The molecule has 1 amide bonds. The maximum absolute atomic E-state index is 11.9. The van der Waals surface area contributed by atoms with Gasteiger partial charge in [-0.05, 0) is 13.0 Å². The number of ether oxygens (including phenoxy) is 1. The van der Waals surface area contributed by atoms with Crippen LogP contribution in [0.3, 0.4) is 0 Å². The first-order valence-electron chi connectivity index (χ1n) is 6.27. The molecule has 2 rings (SSSR count). The van der Waals surface area contributed by atoms with Crippen molar-refractivity contribution < 1.29 is 22.4 Å². The van der Waals surface area contributed by atoms with Crippen LogP contribution in [0.15, 0.2) is 16.7 Å². The van der Waals surface area contributed by atoms with Gasteiger partial charge in [0, 0.05) is 25.2 Å². The quantitative estimate of drug-likeness (QED) is 0.844. The second-order valence-electron chi connectivity index (χ2n) is 4.76. The number of amides is 1. The Morgan fingerprint density at radius 2 is 2.30 bits per heavy atom. The van der Waals surface area contributed by atoms with Gasteiger partial charge in [0.1, 0.15) is 0 Å². The fourth-order valence-corrected chi connectivity index (χ4v) is 2.85. The largest absolute Gasteiger partial charge is 0.459 e. The number of aryl methyl sites for hydroxylation is 1. The third-order valence-corrected chi connectivity index (χ3v) is 4.40. The molecular formula is C12H18N2O5S. The van der Waals surface area contributed by atoms with Crippen molar-refractivity contribution in [2.45, 2.75) is 13.0 Å². The minimum atomic E-state index is -3.23. The first kappa shape index (κ1) is 15.0. The SMILES string of the molecule is Cc1ccoc1C(=O)NC[C@H]1CN(S(C)(=O)=O)CCO1. The Hall–Kier alpha value is -1.38. The lowest BCUT2D eigenvalue weighted by molar-refractivity contribution is 0.000300. The van der Waals surface area contributed by atoms with E-state index in [9.17, 15) is 13.2 Å². The molecule has 112 valence electrons. The van der Waals surface area contributed by atoms with Crippen molar-refractivity contribution in [3.05, 3.63) is 23.7 Å². The summed E-state index contributed by atoms with van der Waals surface area (Å²) in [5.41, 5.74) is 0.754. The van der Waals surface area contributed by atoms with Crippen LogP contribution in [-0.2, 0) is 14.8 Å². The van der Waals surface area contributed by atoms with Gasteiger partial charge in [-0.15, -0.1) is 0 Å². The Morgan fingerprint density at radius 3 is 2.90 bits per heavy atom. The highest BCUT2D eigenvalue weighted by Crippen LogP contribution is 2.10. The number of furan rings is 1. The third-order valence-electron chi connectivity index (χ3n) is 3.13. The smallest absolute Gasteiger partial charge is 0.287 e. The summed E-state index contributed by atoms with van der Waals surface area (Å²) in [7, 11) is -3.23. The number of hydrogen-bond acceptors (Lipinski definition) is 5. The standard InChI is InChI=1S/C12H18N2O5S/c1-9-3-5-19-11(9)12(15)13-7-10-8-14(4-6-18-10)20(2,16)17/h3,5,10H,4,6-8H2,1-2H3,(H,13,15)/t10-/m0/s1. The van der Waals surface area contributed by atoms with Crippen LogP contribution in [0.25, 0.3) is 0 Å². The Morgan fingerprint density at radius 1 is 1.55 bits per heavy atom. The number of morpholine rings is 1. The van der Waals surface area contributed by atoms with E-state index in [1.165, 1.54) is 16.8 Å². The van der Waals surface area contributed by atoms with Crippen LogP contribution >= 0.6 is 0 Å². The Kier molecular flexibility index (Phi) is 4.46. The number of nitrogens with zero attached hydrogens (tertiary/aromatic N) is 1. The van der Waals surface area contributed by atoms with E-state index in [4.69, 9.17) is 9.15 Å². The predicted octanol–water partition coefficient (Wildman–Crippen LogP) is -0.0218. The summed E-state index contributed by atoms with van der Waals surface area (Å²) in [6.07, 6.45) is 2.27. The molecule has 7 nitrogen and oxygen atoms in total. The second-order valence-corrected chi connectivity index (χ2v) is 6.74. The molecule has 2 heterocycles. The molecule has 1 atom stereocenters. The van der Waals surface area contributed by atoms with Crippen molar-refractivity contribution in [3.63, 3.8) is 0 Å². The van der Waals surface area contributed by atoms with Crippen molar-refractivity contribution in [2.75, 3.05) is 32.5 Å². The predicted molar refractivity (Wildman–Crippen MR) is 71.9 cm³/mol. The minimum absolute atomic E-state index is 0.241. The summed E-state index contributed by atoms with van der Waals surface area (Å²) in [6, 6.07) is 1.71. The fourth-order valence-electron chi connectivity index (χ4n) is 2.01. The zero-order valence-electron chi connectivity index (χ0n) is 11.5. The van der Waals surface area contributed by atoms with Crippen LogP contribution in [0, 0.1) is 6.92 Å². The molecule has 1 aromatic rings. The molecule has 0 spiro atoms. The van der Waals surface area contributed by atoms with Crippen molar-refractivity contribution >= 4 is 15.9 Å². The topological polar surface area (TPSA) is 88.9 Å². The van der Waals surface area contributed by atoms with E-state index in [-0.39, 0.29) is 30.9 Å². The van der Waals surface area contributed by atoms with E-state index in [2.05, 4.69) is 5.32 Å². The number of hydrogen-bond donors (Lipinski definition) is 1. The molecule has 20 heavy (non-hydrogen) atoms. The zero-order chi connectivity index (χ0) is 14.8. The molecule has 1 aliphatic rings. The van der Waals surface area contributed by atoms with E-state index < -0.39 is 10.0 Å². The van der Waals surface area contributed by atoms with Gasteiger partial charge < -0.3 is 14.5 Å². The molecule has 0 bridgehead atoms. The first-order chi connectivity index (χ1) is 9.38. The lowest BCUT2D eigenvalue weighted by atomic mass is 10.2. The maximum Gasteiger partial charge on any atom is 0.287 e. The van der Waals surface area contributed by atoms with Gasteiger partial charge >= 0.3 is 0 Å². The number of sulfonamides is 1. The summed E-state index contributed by atoms with van der Waals surface area (Å²) >= 11 is 0. The maximum atomic E-state index is 11.9. The molecule has 1 fully saturated rings. The Bertz CT molecular complexity index is 580. The average molecular weight is 302 g/mol. The summed E-state index contributed by atoms with van der Waals surface area (Å²) in [5, 5.41) is 2.69. The number of rotatable bonds is 4. The molecule has 1 N–H and O–H groups in total. The van der Waals surface area contributed by atoms with E-state index in [1.807, 2.05) is 0 Å². The molecule has 0 aromatic carbocycles. The number of carbonyl (C=O) groups excluding carboxylic acids is 1. The zero-order valence-corrected chi connectivity index (χ0v) is 12.3. The van der Waals surface area contributed by atoms with Gasteiger partial charge in [0.25, 0.3) is 5.91 Å². The lowest BCUT2D eigenvalue weighted by Gasteiger charge is -2.31. The highest BCUT2D eigenvalue weighted by atomic mass is 32.2. The molecule has 8 heteroatoms. The highest BCUT2D eigenvalue weighted by molar-refractivity contribution is 7.88. The first-order valence-corrected chi connectivity index (χ1v) is 8.12. The third kappa shape index (κ3) is 3.59. The average Bonchev–Trinajstić information content (AvgIpc) is 2.82. The molecule has 1 saturated heterocycles. The molecule has 0 unspecified atom stereocenters. The van der Waals surface area contributed by atoms with Crippen LogP contribution in [0.5, 0.6) is 0 Å². The van der Waals surface area contributed by atoms with Crippen molar-refractivity contribution in [1.82, 2.24) is 9.62 Å². The van der Waals surface area contributed by atoms with Crippen LogP contribution in [0.4, 0.5) is 0 Å². The molecule has 1 aliphatic heterocycles. The summed E-state index contributed by atoms with van der Waals surface area (Å²) < 4.78 is 34.8. The number of nitrogens with one attached hydrogen (secondary N) is 1. The van der Waals surface area contributed by atoms with Gasteiger partial charge in [-0.2, -0.15) is 4.31 Å². The van der Waals surface area contributed by atoms with E-state index >= 15 is 0 Å². The van der Waals surface area contributed by atoms with Crippen LogP contribution < -0.4 is 5.32 Å².